The minimum atomic E-state index is -0.971. The van der Waals surface area contributed by atoms with Crippen molar-refractivity contribution in [2.45, 2.75) is 33.1 Å². The number of carboxylic acids is 1. The Morgan fingerprint density at radius 2 is 1.55 bits per heavy atom. The fraction of sp³-hybridized carbons (Fsp3) is 0.241. The number of aromatic carboxylic acids is 1. The second-order valence-corrected chi connectivity index (χ2v) is 9.46. The molecule has 0 bridgehead atoms. The smallest absolute Gasteiger partial charge is 0.335 e. The number of carbonyl (C=O) groups excluding carboxylic acids is 1. The van der Waals surface area contributed by atoms with Crippen LogP contribution < -0.4 is 4.90 Å². The zero-order valence-electron chi connectivity index (χ0n) is 20.1. The number of allylic oxidation sites excluding steroid dienone is 1. The van der Waals surface area contributed by atoms with E-state index in [1.807, 2.05) is 45.3 Å². The zero-order chi connectivity index (χ0) is 24.3. The van der Waals surface area contributed by atoms with E-state index in [-0.39, 0.29) is 16.8 Å². The van der Waals surface area contributed by atoms with Crippen LogP contribution in [0.25, 0.3) is 17.2 Å². The molecule has 0 amide bonds. The fourth-order valence-electron chi connectivity index (χ4n) is 4.19. The lowest BCUT2D eigenvalue weighted by Gasteiger charge is -2.32. The van der Waals surface area contributed by atoms with Gasteiger partial charge in [-0.2, -0.15) is 0 Å². The Morgan fingerprint density at radius 1 is 0.939 bits per heavy atom. The first-order valence-corrected chi connectivity index (χ1v) is 11.0. The maximum atomic E-state index is 13.3. The zero-order valence-corrected chi connectivity index (χ0v) is 20.1. The van der Waals surface area contributed by atoms with Crippen molar-refractivity contribution in [2.75, 3.05) is 19.0 Å². The number of hydrogen-bond donors (Lipinski definition) is 1. The van der Waals surface area contributed by atoms with Crippen molar-refractivity contribution in [2.24, 2.45) is 0 Å². The van der Waals surface area contributed by atoms with Crippen LogP contribution in [0.4, 0.5) is 5.69 Å². The molecule has 0 heterocycles. The monoisotopic (exact) mass is 441 g/mol. The first-order valence-electron chi connectivity index (χ1n) is 11.0. The number of benzene rings is 3. The topological polar surface area (TPSA) is 57.6 Å². The molecular formula is C29H31NO3. The predicted molar refractivity (Wildman–Crippen MR) is 136 cm³/mol. The molecule has 3 aromatic rings. The van der Waals surface area contributed by atoms with E-state index in [2.05, 4.69) is 37.8 Å². The summed E-state index contributed by atoms with van der Waals surface area (Å²) in [6.45, 7) is 8.60. The molecule has 0 aliphatic heterocycles. The molecule has 0 fully saturated rings. The highest BCUT2D eigenvalue weighted by Gasteiger charge is 2.28. The summed E-state index contributed by atoms with van der Waals surface area (Å²) in [5.74, 6) is -1.06. The second-order valence-electron chi connectivity index (χ2n) is 9.46. The van der Waals surface area contributed by atoms with E-state index in [1.54, 1.807) is 24.3 Å². The van der Waals surface area contributed by atoms with Crippen LogP contribution in [0.2, 0.25) is 0 Å². The Balaban J connectivity index is 2.14. The van der Waals surface area contributed by atoms with E-state index in [1.165, 1.54) is 17.7 Å². The van der Waals surface area contributed by atoms with E-state index in [9.17, 15) is 9.59 Å². The molecular weight excluding hydrogens is 410 g/mol. The molecule has 0 unspecified atom stereocenters. The number of ketones is 1. The number of anilines is 1. The summed E-state index contributed by atoms with van der Waals surface area (Å²) in [7, 11) is 4.03. The van der Waals surface area contributed by atoms with Crippen molar-refractivity contribution in [1.82, 2.24) is 0 Å². The van der Waals surface area contributed by atoms with Gasteiger partial charge in [0.2, 0.25) is 0 Å². The molecule has 0 spiro atoms. The average Bonchev–Trinajstić information content (AvgIpc) is 2.77. The minimum Gasteiger partial charge on any atom is -0.478 e. The van der Waals surface area contributed by atoms with Gasteiger partial charge in [-0.05, 0) is 64.4 Å². The Kier molecular flexibility index (Phi) is 6.87. The molecule has 0 radical (unpaired) electrons. The van der Waals surface area contributed by atoms with Gasteiger partial charge in [-0.25, -0.2) is 4.79 Å². The summed E-state index contributed by atoms with van der Waals surface area (Å²) >= 11 is 0. The number of carbonyl (C=O) groups is 2. The number of hydrogen-bond acceptors (Lipinski definition) is 3. The molecule has 4 heteroatoms. The summed E-state index contributed by atoms with van der Waals surface area (Å²) in [6, 6.07) is 18.7. The fourth-order valence-corrected chi connectivity index (χ4v) is 4.19. The van der Waals surface area contributed by atoms with Crippen molar-refractivity contribution >= 4 is 23.5 Å². The highest BCUT2D eigenvalue weighted by Crippen LogP contribution is 2.43. The van der Waals surface area contributed by atoms with Crippen LogP contribution in [-0.2, 0) is 5.41 Å². The molecule has 0 saturated carbocycles. The highest BCUT2D eigenvalue weighted by molar-refractivity contribution is 6.10. The first-order chi connectivity index (χ1) is 15.5. The van der Waals surface area contributed by atoms with Gasteiger partial charge >= 0.3 is 5.97 Å². The second kappa shape index (κ2) is 9.45. The molecule has 33 heavy (non-hydrogen) atoms. The van der Waals surface area contributed by atoms with E-state index in [0.29, 0.717) is 5.56 Å². The summed E-state index contributed by atoms with van der Waals surface area (Å²) in [6.07, 6.45) is 3.28. The summed E-state index contributed by atoms with van der Waals surface area (Å²) in [4.78, 5) is 26.5. The number of nitrogens with zero attached hydrogens (tertiary/aromatic N) is 1. The summed E-state index contributed by atoms with van der Waals surface area (Å²) < 4.78 is 0. The van der Waals surface area contributed by atoms with Crippen LogP contribution >= 0.6 is 0 Å². The molecule has 4 nitrogen and oxygen atoms in total. The maximum Gasteiger partial charge on any atom is 0.335 e. The van der Waals surface area contributed by atoms with Crippen molar-refractivity contribution in [3.8, 4) is 11.1 Å². The lowest BCUT2D eigenvalue weighted by atomic mass is 9.77. The van der Waals surface area contributed by atoms with Crippen LogP contribution in [0.5, 0.6) is 0 Å². The predicted octanol–water partition coefficient (Wildman–Crippen LogP) is 6.62. The SMILES string of the molecule is Cc1c(C(=O)C=Cc2ccc(C(=O)O)cc2)cc(-c2ccccc2)c(C(C)(C)C)c1N(C)C. The van der Waals surface area contributed by atoms with Gasteiger partial charge in [0.15, 0.2) is 5.78 Å². The third-order valence-electron chi connectivity index (χ3n) is 5.69. The lowest BCUT2D eigenvalue weighted by Crippen LogP contribution is -2.23. The Hall–Kier alpha value is -3.66. The van der Waals surface area contributed by atoms with Gasteiger partial charge in [-0.1, -0.05) is 69.3 Å². The van der Waals surface area contributed by atoms with Crippen molar-refractivity contribution in [3.05, 3.63) is 94.6 Å². The van der Waals surface area contributed by atoms with Crippen molar-refractivity contribution < 1.29 is 14.7 Å². The average molecular weight is 442 g/mol. The Morgan fingerprint density at radius 3 is 2.06 bits per heavy atom. The lowest BCUT2D eigenvalue weighted by molar-refractivity contribution is 0.0696. The van der Waals surface area contributed by atoms with Crippen molar-refractivity contribution in [3.63, 3.8) is 0 Å². The molecule has 170 valence electrons. The summed E-state index contributed by atoms with van der Waals surface area (Å²) in [5.41, 5.74) is 6.87. The van der Waals surface area contributed by atoms with E-state index >= 15 is 0 Å². The van der Waals surface area contributed by atoms with Crippen LogP contribution in [0.15, 0.2) is 66.7 Å². The van der Waals surface area contributed by atoms with Gasteiger partial charge in [0, 0.05) is 25.3 Å². The van der Waals surface area contributed by atoms with Crippen LogP contribution in [0.3, 0.4) is 0 Å². The largest absolute Gasteiger partial charge is 0.478 e. The third-order valence-corrected chi connectivity index (χ3v) is 5.69. The van der Waals surface area contributed by atoms with Gasteiger partial charge in [0.05, 0.1) is 5.56 Å². The quantitative estimate of drug-likeness (QED) is 0.345. The van der Waals surface area contributed by atoms with Crippen LogP contribution in [0.1, 0.15) is 58.2 Å². The van der Waals surface area contributed by atoms with E-state index in [4.69, 9.17) is 5.11 Å². The van der Waals surface area contributed by atoms with E-state index < -0.39 is 5.97 Å². The molecule has 0 aromatic heterocycles. The van der Waals surface area contributed by atoms with Gasteiger partial charge < -0.3 is 10.0 Å². The standard InChI is InChI=1S/C29H31NO3/c1-19-23(25(31)17-14-20-12-15-22(16-13-20)28(32)33)18-24(21-10-8-7-9-11-21)26(29(2,3)4)27(19)30(5)6/h7-18H,1-6H3,(H,32,33). The highest BCUT2D eigenvalue weighted by atomic mass is 16.4. The molecule has 3 rings (SSSR count). The summed E-state index contributed by atoms with van der Waals surface area (Å²) in [5, 5.41) is 9.07. The minimum absolute atomic E-state index is 0.0875. The van der Waals surface area contributed by atoms with Gasteiger partial charge in [0.1, 0.15) is 0 Å². The van der Waals surface area contributed by atoms with E-state index in [0.717, 1.165) is 27.9 Å². The van der Waals surface area contributed by atoms with Crippen LogP contribution in [-0.4, -0.2) is 31.0 Å². The molecule has 0 saturated heterocycles. The maximum absolute atomic E-state index is 13.3. The number of carboxylic acid groups (broad SMARTS) is 1. The Labute approximate surface area is 196 Å². The normalized spacial score (nSPS) is 11.6. The molecule has 3 aromatic carbocycles. The molecule has 0 atom stereocenters. The van der Waals surface area contributed by atoms with Gasteiger partial charge in [-0.15, -0.1) is 0 Å². The third kappa shape index (κ3) is 5.23. The van der Waals surface area contributed by atoms with Gasteiger partial charge in [0.25, 0.3) is 0 Å². The van der Waals surface area contributed by atoms with Gasteiger partial charge in [-0.3, -0.25) is 4.79 Å². The number of rotatable bonds is 6. The van der Waals surface area contributed by atoms with Crippen molar-refractivity contribution in [1.29, 1.82) is 0 Å². The Bertz CT molecular complexity index is 1200. The molecule has 0 aliphatic rings. The van der Waals surface area contributed by atoms with Crippen LogP contribution in [0, 0.1) is 6.92 Å². The molecule has 0 aliphatic carbocycles. The molecule has 1 N–H and O–H groups in total. The first kappa shape index (κ1) is 24.0.